The Bertz CT molecular complexity index is 506. The molecule has 0 atom stereocenters. The minimum Gasteiger partial charge on any atom is -0.379 e. The van der Waals surface area contributed by atoms with Crippen molar-refractivity contribution >= 4 is 17.3 Å². The summed E-state index contributed by atoms with van der Waals surface area (Å²) in [5, 5.41) is 2.98. The fourth-order valence-electron chi connectivity index (χ4n) is 2.98. The molecule has 0 saturated carbocycles. The number of nitrogens with one attached hydrogen (secondary N) is 1. The van der Waals surface area contributed by atoms with Gasteiger partial charge in [0, 0.05) is 50.6 Å². The average molecular weight is 318 g/mol. The molecule has 0 radical (unpaired) electrons. The highest BCUT2D eigenvalue weighted by Crippen LogP contribution is 2.19. The largest absolute Gasteiger partial charge is 0.379 e. The Balaban J connectivity index is 1.49. The van der Waals surface area contributed by atoms with E-state index in [-0.39, 0.29) is 5.91 Å². The Morgan fingerprint density at radius 3 is 2.35 bits per heavy atom. The van der Waals surface area contributed by atoms with Crippen molar-refractivity contribution in [1.82, 2.24) is 9.80 Å². The molecule has 2 aliphatic rings. The molecule has 2 saturated heterocycles. The van der Waals surface area contributed by atoms with Crippen LogP contribution in [0.1, 0.15) is 0 Å². The van der Waals surface area contributed by atoms with Crippen LogP contribution in [0.4, 0.5) is 11.4 Å². The monoisotopic (exact) mass is 318 g/mol. The third kappa shape index (κ3) is 4.67. The molecule has 1 N–H and O–H groups in total. The number of hydrogen-bond acceptors (Lipinski definition) is 5. The normalized spacial score (nSPS) is 20.5. The van der Waals surface area contributed by atoms with E-state index in [2.05, 4.69) is 39.2 Å². The number of carbonyl (C=O) groups is 1. The van der Waals surface area contributed by atoms with Crippen molar-refractivity contribution in [3.05, 3.63) is 24.3 Å². The highest BCUT2D eigenvalue weighted by atomic mass is 16.5. The fourth-order valence-corrected chi connectivity index (χ4v) is 2.98. The smallest absolute Gasteiger partial charge is 0.238 e. The Morgan fingerprint density at radius 1 is 1.04 bits per heavy atom. The van der Waals surface area contributed by atoms with Gasteiger partial charge >= 0.3 is 0 Å². The SMILES string of the molecule is CN1CCN(c2ccc(NC(=O)CN3CCOCC3)cc2)CC1. The second-order valence-corrected chi connectivity index (χ2v) is 6.27. The first-order chi connectivity index (χ1) is 11.2. The summed E-state index contributed by atoms with van der Waals surface area (Å²) < 4.78 is 5.30. The number of likely N-dealkylation sites (N-methyl/N-ethyl adjacent to an activating group) is 1. The van der Waals surface area contributed by atoms with E-state index in [1.807, 2.05) is 12.1 Å². The highest BCUT2D eigenvalue weighted by molar-refractivity contribution is 5.92. The number of rotatable bonds is 4. The lowest BCUT2D eigenvalue weighted by Crippen LogP contribution is -2.44. The molecular formula is C17H26N4O2. The van der Waals surface area contributed by atoms with Crippen LogP contribution >= 0.6 is 0 Å². The molecule has 0 aromatic heterocycles. The van der Waals surface area contributed by atoms with Crippen molar-refractivity contribution in [3.8, 4) is 0 Å². The van der Waals surface area contributed by atoms with Crippen molar-refractivity contribution in [2.75, 3.05) is 76.3 Å². The summed E-state index contributed by atoms with van der Waals surface area (Å²) in [5.74, 6) is 0.0410. The molecule has 23 heavy (non-hydrogen) atoms. The van der Waals surface area contributed by atoms with Crippen molar-refractivity contribution in [3.63, 3.8) is 0 Å². The molecule has 126 valence electrons. The summed E-state index contributed by atoms with van der Waals surface area (Å²) in [5.41, 5.74) is 2.09. The van der Waals surface area contributed by atoms with Crippen molar-refractivity contribution in [2.45, 2.75) is 0 Å². The minimum atomic E-state index is 0.0410. The molecule has 0 aliphatic carbocycles. The summed E-state index contributed by atoms with van der Waals surface area (Å²) in [4.78, 5) is 18.9. The zero-order valence-electron chi connectivity index (χ0n) is 13.8. The van der Waals surface area contributed by atoms with Gasteiger partial charge in [-0.05, 0) is 31.3 Å². The molecule has 1 amide bonds. The fraction of sp³-hybridized carbons (Fsp3) is 0.588. The van der Waals surface area contributed by atoms with Gasteiger partial charge in [-0.1, -0.05) is 0 Å². The van der Waals surface area contributed by atoms with E-state index in [0.29, 0.717) is 19.8 Å². The number of piperazine rings is 1. The molecule has 3 rings (SSSR count). The van der Waals surface area contributed by atoms with E-state index in [0.717, 1.165) is 45.0 Å². The van der Waals surface area contributed by atoms with E-state index < -0.39 is 0 Å². The topological polar surface area (TPSA) is 48.0 Å². The molecule has 2 aliphatic heterocycles. The summed E-state index contributed by atoms with van der Waals surface area (Å²) in [6, 6.07) is 8.17. The summed E-state index contributed by atoms with van der Waals surface area (Å²) >= 11 is 0. The standard InChI is InChI=1S/C17H26N4O2/c1-19-6-8-21(9-7-19)16-4-2-15(3-5-16)18-17(22)14-20-10-12-23-13-11-20/h2-5H,6-14H2,1H3,(H,18,22). The van der Waals surface area contributed by atoms with Gasteiger partial charge in [0.05, 0.1) is 19.8 Å². The van der Waals surface area contributed by atoms with Crippen LogP contribution in [0, 0.1) is 0 Å². The zero-order valence-corrected chi connectivity index (χ0v) is 13.8. The molecule has 1 aromatic carbocycles. The third-order valence-corrected chi connectivity index (χ3v) is 4.49. The minimum absolute atomic E-state index is 0.0410. The molecule has 0 spiro atoms. The van der Waals surface area contributed by atoms with E-state index in [9.17, 15) is 4.79 Å². The van der Waals surface area contributed by atoms with Crippen LogP contribution < -0.4 is 10.2 Å². The maximum Gasteiger partial charge on any atom is 0.238 e. The lowest BCUT2D eigenvalue weighted by molar-refractivity contribution is -0.118. The van der Waals surface area contributed by atoms with Crippen LogP contribution in [0.5, 0.6) is 0 Å². The maximum atomic E-state index is 12.1. The first-order valence-electron chi connectivity index (χ1n) is 8.34. The van der Waals surface area contributed by atoms with E-state index in [4.69, 9.17) is 4.74 Å². The summed E-state index contributed by atoms with van der Waals surface area (Å²) in [7, 11) is 2.16. The Labute approximate surface area is 138 Å². The van der Waals surface area contributed by atoms with Gasteiger partial charge in [0.1, 0.15) is 0 Å². The van der Waals surface area contributed by atoms with Gasteiger partial charge in [-0.3, -0.25) is 9.69 Å². The van der Waals surface area contributed by atoms with Crippen molar-refractivity contribution < 1.29 is 9.53 Å². The first-order valence-corrected chi connectivity index (χ1v) is 8.34. The Morgan fingerprint density at radius 2 is 1.70 bits per heavy atom. The third-order valence-electron chi connectivity index (χ3n) is 4.49. The molecule has 2 fully saturated rings. The molecule has 2 heterocycles. The van der Waals surface area contributed by atoms with Crippen LogP contribution in [-0.2, 0) is 9.53 Å². The number of ether oxygens (including phenoxy) is 1. The number of nitrogens with zero attached hydrogens (tertiary/aromatic N) is 3. The predicted octanol–water partition coefficient (Wildman–Crippen LogP) is 0.709. The van der Waals surface area contributed by atoms with Crippen molar-refractivity contribution in [2.24, 2.45) is 0 Å². The van der Waals surface area contributed by atoms with Crippen LogP contribution in [-0.4, -0.2) is 81.8 Å². The average Bonchev–Trinajstić information content (AvgIpc) is 2.57. The van der Waals surface area contributed by atoms with Crippen LogP contribution in [0.2, 0.25) is 0 Å². The molecule has 6 nitrogen and oxygen atoms in total. The van der Waals surface area contributed by atoms with Crippen LogP contribution in [0.3, 0.4) is 0 Å². The number of hydrogen-bond donors (Lipinski definition) is 1. The number of carbonyl (C=O) groups excluding carboxylic acids is 1. The Kier molecular flexibility index (Phi) is 5.48. The first kappa shape index (κ1) is 16.2. The van der Waals surface area contributed by atoms with Gasteiger partial charge in [-0.2, -0.15) is 0 Å². The van der Waals surface area contributed by atoms with Gasteiger partial charge in [0.2, 0.25) is 5.91 Å². The van der Waals surface area contributed by atoms with Crippen molar-refractivity contribution in [1.29, 1.82) is 0 Å². The number of amides is 1. The molecule has 1 aromatic rings. The number of anilines is 2. The lowest BCUT2D eigenvalue weighted by atomic mass is 10.2. The molecule has 0 unspecified atom stereocenters. The van der Waals surface area contributed by atoms with E-state index in [1.54, 1.807) is 0 Å². The molecule has 0 bridgehead atoms. The number of morpholine rings is 1. The second kappa shape index (κ2) is 7.77. The molecule has 6 heteroatoms. The van der Waals surface area contributed by atoms with Gasteiger partial charge in [0.25, 0.3) is 0 Å². The summed E-state index contributed by atoms with van der Waals surface area (Å²) in [6.45, 7) is 7.82. The van der Waals surface area contributed by atoms with Crippen LogP contribution in [0.25, 0.3) is 0 Å². The molecular weight excluding hydrogens is 292 g/mol. The highest BCUT2D eigenvalue weighted by Gasteiger charge is 2.15. The predicted molar refractivity (Wildman–Crippen MR) is 92.0 cm³/mol. The van der Waals surface area contributed by atoms with Crippen LogP contribution in [0.15, 0.2) is 24.3 Å². The summed E-state index contributed by atoms with van der Waals surface area (Å²) in [6.07, 6.45) is 0. The second-order valence-electron chi connectivity index (χ2n) is 6.27. The number of benzene rings is 1. The quantitative estimate of drug-likeness (QED) is 0.886. The van der Waals surface area contributed by atoms with E-state index >= 15 is 0 Å². The van der Waals surface area contributed by atoms with Gasteiger partial charge in [-0.25, -0.2) is 0 Å². The lowest BCUT2D eigenvalue weighted by Gasteiger charge is -2.34. The van der Waals surface area contributed by atoms with E-state index in [1.165, 1.54) is 5.69 Å². The Hall–Kier alpha value is -1.63. The van der Waals surface area contributed by atoms with Gasteiger partial charge in [-0.15, -0.1) is 0 Å². The van der Waals surface area contributed by atoms with Gasteiger partial charge in [0.15, 0.2) is 0 Å². The van der Waals surface area contributed by atoms with Gasteiger partial charge < -0.3 is 19.9 Å². The maximum absolute atomic E-state index is 12.1. The zero-order chi connectivity index (χ0) is 16.1.